The van der Waals surface area contributed by atoms with Crippen molar-refractivity contribution >= 4 is 17.6 Å². The summed E-state index contributed by atoms with van der Waals surface area (Å²) in [4.78, 5) is 23.0. The number of para-hydroxylation sites is 1. The summed E-state index contributed by atoms with van der Waals surface area (Å²) in [6, 6.07) is 9.25. The fraction of sp³-hybridized carbons (Fsp3) is 0.500. The minimum absolute atomic E-state index is 0.155. The first-order chi connectivity index (χ1) is 10.0. The van der Waals surface area contributed by atoms with Gasteiger partial charge in [-0.25, -0.2) is 0 Å². The Bertz CT molecular complexity index is 448. The van der Waals surface area contributed by atoms with E-state index in [1.165, 1.54) is 0 Å². The highest BCUT2D eigenvalue weighted by atomic mass is 16.4. The second-order valence-corrected chi connectivity index (χ2v) is 5.29. The average molecular weight is 291 g/mol. The normalized spacial score (nSPS) is 13.2. The van der Waals surface area contributed by atoms with Gasteiger partial charge in [-0.1, -0.05) is 44.9 Å². The van der Waals surface area contributed by atoms with Crippen molar-refractivity contribution in [2.75, 3.05) is 5.43 Å². The minimum atomic E-state index is -1.07. The Morgan fingerprint density at radius 2 is 1.90 bits per heavy atom. The van der Waals surface area contributed by atoms with Crippen LogP contribution in [0.3, 0.4) is 0 Å². The summed E-state index contributed by atoms with van der Waals surface area (Å²) in [6.07, 6.45) is 2.46. The summed E-state index contributed by atoms with van der Waals surface area (Å²) >= 11 is 0. The molecule has 116 valence electrons. The molecule has 5 heteroatoms. The number of unbranched alkanes of at least 4 members (excludes halogenated alkanes) is 1. The number of anilines is 1. The van der Waals surface area contributed by atoms with Crippen LogP contribution in [0.2, 0.25) is 0 Å². The topological polar surface area (TPSA) is 81.3 Å². The molecule has 1 aromatic rings. The molecule has 2 N–H and O–H groups in total. The molecule has 0 aliphatic rings. The fourth-order valence-corrected chi connectivity index (χ4v) is 2.21. The SMILES string of the molecule is CCCC[C@H](C(=O)[O-])[C@H](C)CC(=O)NNc1ccccc1. The number of carbonyl (C=O) groups is 2. The molecule has 5 nitrogen and oxygen atoms in total. The van der Waals surface area contributed by atoms with Crippen LogP contribution in [-0.4, -0.2) is 11.9 Å². The quantitative estimate of drug-likeness (QED) is 0.679. The molecule has 2 atom stereocenters. The van der Waals surface area contributed by atoms with Gasteiger partial charge in [0.2, 0.25) is 5.91 Å². The van der Waals surface area contributed by atoms with Crippen molar-refractivity contribution in [3.63, 3.8) is 0 Å². The summed E-state index contributed by atoms with van der Waals surface area (Å²) in [5.41, 5.74) is 6.15. The Balaban J connectivity index is 2.42. The molecule has 0 saturated heterocycles. The molecule has 1 aromatic carbocycles. The Labute approximate surface area is 125 Å². The zero-order chi connectivity index (χ0) is 15.7. The van der Waals surface area contributed by atoms with Crippen molar-refractivity contribution < 1.29 is 14.7 Å². The predicted octanol–water partition coefficient (Wildman–Crippen LogP) is 1.71. The molecule has 0 aliphatic heterocycles. The van der Waals surface area contributed by atoms with Gasteiger partial charge in [0.15, 0.2) is 0 Å². The van der Waals surface area contributed by atoms with Crippen LogP contribution in [0.5, 0.6) is 0 Å². The molecular formula is C16H23N2O3-. The number of carbonyl (C=O) groups excluding carboxylic acids is 2. The van der Waals surface area contributed by atoms with Gasteiger partial charge in [0.25, 0.3) is 0 Å². The molecule has 0 spiro atoms. The maximum atomic E-state index is 11.8. The number of nitrogens with one attached hydrogen (secondary N) is 2. The zero-order valence-electron chi connectivity index (χ0n) is 12.6. The van der Waals surface area contributed by atoms with E-state index in [0.29, 0.717) is 6.42 Å². The van der Waals surface area contributed by atoms with Gasteiger partial charge in [0, 0.05) is 18.3 Å². The Hall–Kier alpha value is -2.04. The smallest absolute Gasteiger partial charge is 0.238 e. The second kappa shape index (κ2) is 9.00. The number of hydrazine groups is 1. The molecule has 0 fully saturated rings. The summed E-state index contributed by atoms with van der Waals surface area (Å²) < 4.78 is 0. The molecule has 0 heterocycles. The number of carboxylic acids is 1. The molecule has 1 rings (SSSR count). The van der Waals surface area contributed by atoms with Gasteiger partial charge in [-0.15, -0.1) is 0 Å². The van der Waals surface area contributed by atoms with Crippen LogP contribution in [0.15, 0.2) is 30.3 Å². The Kier molecular flexibility index (Phi) is 7.29. The first-order valence-corrected chi connectivity index (χ1v) is 7.35. The molecule has 0 saturated carbocycles. The highest BCUT2D eigenvalue weighted by molar-refractivity contribution is 5.78. The standard InChI is InChI=1S/C16H24N2O3/c1-3-4-10-14(16(20)21)12(2)11-15(19)18-17-13-8-6-5-7-9-13/h5-9,12,14,17H,3-4,10-11H2,1-2H3,(H,18,19)(H,20,21)/p-1/t12-,14+/m1/s1. The number of hydrogen-bond donors (Lipinski definition) is 2. The first kappa shape index (κ1) is 17.0. The van der Waals surface area contributed by atoms with Gasteiger partial charge in [-0.05, 0) is 24.5 Å². The summed E-state index contributed by atoms with van der Waals surface area (Å²) in [5.74, 6) is -2.12. The Morgan fingerprint density at radius 3 is 2.48 bits per heavy atom. The lowest BCUT2D eigenvalue weighted by Gasteiger charge is -2.24. The zero-order valence-corrected chi connectivity index (χ0v) is 12.6. The van der Waals surface area contributed by atoms with Crippen molar-refractivity contribution in [1.29, 1.82) is 0 Å². The van der Waals surface area contributed by atoms with E-state index >= 15 is 0 Å². The lowest BCUT2D eigenvalue weighted by Crippen LogP contribution is -2.38. The van der Waals surface area contributed by atoms with Gasteiger partial charge in [-0.2, -0.15) is 0 Å². The highest BCUT2D eigenvalue weighted by Gasteiger charge is 2.20. The molecule has 0 unspecified atom stereocenters. The number of amides is 1. The molecule has 0 radical (unpaired) electrons. The van der Waals surface area contributed by atoms with E-state index in [2.05, 4.69) is 10.9 Å². The second-order valence-electron chi connectivity index (χ2n) is 5.29. The predicted molar refractivity (Wildman–Crippen MR) is 80.0 cm³/mol. The number of carboxylic acid groups (broad SMARTS) is 1. The van der Waals surface area contributed by atoms with Crippen LogP contribution in [-0.2, 0) is 9.59 Å². The maximum absolute atomic E-state index is 11.8. The third-order valence-corrected chi connectivity index (χ3v) is 3.49. The van der Waals surface area contributed by atoms with Gasteiger partial charge >= 0.3 is 0 Å². The first-order valence-electron chi connectivity index (χ1n) is 7.35. The molecule has 21 heavy (non-hydrogen) atoms. The van der Waals surface area contributed by atoms with Crippen molar-refractivity contribution in [2.45, 2.75) is 39.5 Å². The van der Waals surface area contributed by atoms with E-state index in [1.807, 2.05) is 37.3 Å². The van der Waals surface area contributed by atoms with E-state index in [1.54, 1.807) is 6.92 Å². The van der Waals surface area contributed by atoms with Crippen molar-refractivity contribution in [3.05, 3.63) is 30.3 Å². The van der Waals surface area contributed by atoms with Gasteiger partial charge in [0.1, 0.15) is 0 Å². The third kappa shape index (κ3) is 6.29. The molecule has 1 amide bonds. The number of benzene rings is 1. The van der Waals surface area contributed by atoms with Crippen molar-refractivity contribution in [2.24, 2.45) is 11.8 Å². The number of rotatable bonds is 9. The lowest BCUT2D eigenvalue weighted by atomic mass is 9.87. The summed E-state index contributed by atoms with van der Waals surface area (Å²) in [5, 5.41) is 11.1. The third-order valence-electron chi connectivity index (χ3n) is 3.49. The van der Waals surface area contributed by atoms with Crippen LogP contribution in [0.25, 0.3) is 0 Å². The lowest BCUT2D eigenvalue weighted by molar-refractivity contribution is -0.313. The van der Waals surface area contributed by atoms with E-state index in [-0.39, 0.29) is 18.2 Å². The van der Waals surface area contributed by atoms with E-state index < -0.39 is 11.9 Å². The summed E-state index contributed by atoms with van der Waals surface area (Å²) in [6.45, 7) is 3.78. The monoisotopic (exact) mass is 291 g/mol. The van der Waals surface area contributed by atoms with Crippen LogP contribution < -0.4 is 16.0 Å². The van der Waals surface area contributed by atoms with E-state index in [0.717, 1.165) is 18.5 Å². The number of aliphatic carboxylic acids is 1. The number of hydrogen-bond acceptors (Lipinski definition) is 4. The van der Waals surface area contributed by atoms with Gasteiger partial charge < -0.3 is 9.90 Å². The van der Waals surface area contributed by atoms with Crippen LogP contribution in [0, 0.1) is 11.8 Å². The van der Waals surface area contributed by atoms with Crippen molar-refractivity contribution in [3.8, 4) is 0 Å². The van der Waals surface area contributed by atoms with Crippen LogP contribution >= 0.6 is 0 Å². The molecular weight excluding hydrogens is 268 g/mol. The van der Waals surface area contributed by atoms with Gasteiger partial charge in [0.05, 0.1) is 5.69 Å². The molecule has 0 bridgehead atoms. The minimum Gasteiger partial charge on any atom is -0.550 e. The maximum Gasteiger partial charge on any atom is 0.238 e. The molecule has 0 aliphatic carbocycles. The largest absolute Gasteiger partial charge is 0.550 e. The fourth-order valence-electron chi connectivity index (χ4n) is 2.21. The van der Waals surface area contributed by atoms with Crippen molar-refractivity contribution in [1.82, 2.24) is 5.43 Å². The van der Waals surface area contributed by atoms with E-state index in [4.69, 9.17) is 0 Å². The Morgan fingerprint density at radius 1 is 1.24 bits per heavy atom. The highest BCUT2D eigenvalue weighted by Crippen LogP contribution is 2.21. The van der Waals surface area contributed by atoms with Crippen LogP contribution in [0.4, 0.5) is 5.69 Å². The van der Waals surface area contributed by atoms with Gasteiger partial charge in [-0.3, -0.25) is 15.6 Å². The van der Waals surface area contributed by atoms with E-state index in [9.17, 15) is 14.7 Å². The van der Waals surface area contributed by atoms with Crippen LogP contribution in [0.1, 0.15) is 39.5 Å². The average Bonchev–Trinajstić information content (AvgIpc) is 2.46. The summed E-state index contributed by atoms with van der Waals surface area (Å²) in [7, 11) is 0. The molecule has 0 aromatic heterocycles.